The van der Waals surface area contributed by atoms with Crippen molar-refractivity contribution < 1.29 is 0 Å². The van der Waals surface area contributed by atoms with Gasteiger partial charge in [-0.1, -0.05) is 27.7 Å². The Morgan fingerprint density at radius 3 is 2.30 bits per heavy atom. The molecular weight excluding hydrogens is 248 g/mol. The SMILES string of the molecule is CNc1nc(C2CC2)nc(NCC(C)(C)C(C)C)c1C. The fourth-order valence-electron chi connectivity index (χ4n) is 1.99. The van der Waals surface area contributed by atoms with Crippen LogP contribution in [0.25, 0.3) is 0 Å². The smallest absolute Gasteiger partial charge is 0.136 e. The van der Waals surface area contributed by atoms with Crippen molar-refractivity contribution in [2.75, 3.05) is 24.2 Å². The van der Waals surface area contributed by atoms with Gasteiger partial charge in [0.25, 0.3) is 0 Å². The molecule has 0 amide bonds. The molecule has 1 heterocycles. The Morgan fingerprint density at radius 1 is 1.20 bits per heavy atom. The maximum absolute atomic E-state index is 4.74. The standard InChI is InChI=1S/C16H28N4/c1-10(2)16(4,5)9-18-14-11(3)13(17-6)19-15(20-14)12-7-8-12/h10,12H,7-9H2,1-6H3,(H2,17,18,19,20). The zero-order valence-electron chi connectivity index (χ0n) is 13.7. The van der Waals surface area contributed by atoms with Crippen molar-refractivity contribution in [2.45, 2.75) is 53.4 Å². The first-order valence-electron chi connectivity index (χ1n) is 7.65. The average Bonchev–Trinajstić information content (AvgIpc) is 3.21. The predicted octanol–water partition coefficient (Wildman–Crippen LogP) is 3.80. The van der Waals surface area contributed by atoms with E-state index in [1.54, 1.807) is 0 Å². The molecule has 0 radical (unpaired) electrons. The first kappa shape index (κ1) is 15.1. The molecule has 0 aromatic carbocycles. The van der Waals surface area contributed by atoms with Crippen LogP contribution in [0.1, 0.15) is 57.8 Å². The van der Waals surface area contributed by atoms with Crippen LogP contribution < -0.4 is 10.6 Å². The van der Waals surface area contributed by atoms with Crippen molar-refractivity contribution in [3.8, 4) is 0 Å². The van der Waals surface area contributed by atoms with Gasteiger partial charge in [0.05, 0.1) is 0 Å². The van der Waals surface area contributed by atoms with Gasteiger partial charge in [-0.2, -0.15) is 0 Å². The van der Waals surface area contributed by atoms with Gasteiger partial charge < -0.3 is 10.6 Å². The molecule has 20 heavy (non-hydrogen) atoms. The van der Waals surface area contributed by atoms with Crippen LogP contribution in [0, 0.1) is 18.3 Å². The molecule has 1 aromatic heterocycles. The number of hydrogen-bond donors (Lipinski definition) is 2. The number of anilines is 2. The molecule has 112 valence electrons. The van der Waals surface area contributed by atoms with Crippen LogP contribution in [0.2, 0.25) is 0 Å². The highest BCUT2D eigenvalue weighted by atomic mass is 15.1. The lowest BCUT2D eigenvalue weighted by atomic mass is 9.81. The lowest BCUT2D eigenvalue weighted by Gasteiger charge is -2.30. The molecular formula is C16H28N4. The van der Waals surface area contributed by atoms with Crippen molar-refractivity contribution in [1.82, 2.24) is 9.97 Å². The van der Waals surface area contributed by atoms with Gasteiger partial charge in [0, 0.05) is 25.1 Å². The first-order chi connectivity index (χ1) is 9.35. The molecule has 0 atom stereocenters. The maximum atomic E-state index is 4.74. The van der Waals surface area contributed by atoms with Gasteiger partial charge in [-0.3, -0.25) is 0 Å². The molecule has 1 saturated carbocycles. The molecule has 0 unspecified atom stereocenters. The highest BCUT2D eigenvalue weighted by molar-refractivity contribution is 5.57. The third-order valence-corrected chi connectivity index (χ3v) is 4.62. The van der Waals surface area contributed by atoms with Gasteiger partial charge in [-0.15, -0.1) is 0 Å². The summed E-state index contributed by atoms with van der Waals surface area (Å²) < 4.78 is 0. The van der Waals surface area contributed by atoms with Crippen molar-refractivity contribution in [3.05, 3.63) is 11.4 Å². The Morgan fingerprint density at radius 2 is 1.80 bits per heavy atom. The molecule has 0 bridgehead atoms. The largest absolute Gasteiger partial charge is 0.373 e. The Balaban J connectivity index is 2.20. The van der Waals surface area contributed by atoms with E-state index in [0.717, 1.165) is 29.6 Å². The molecule has 0 saturated heterocycles. The Kier molecular flexibility index (Phi) is 4.21. The summed E-state index contributed by atoms with van der Waals surface area (Å²) in [5, 5.41) is 6.73. The average molecular weight is 276 g/mol. The van der Waals surface area contributed by atoms with E-state index in [2.05, 4.69) is 50.2 Å². The Hall–Kier alpha value is -1.32. The van der Waals surface area contributed by atoms with E-state index >= 15 is 0 Å². The van der Waals surface area contributed by atoms with Gasteiger partial charge in [-0.25, -0.2) is 9.97 Å². The summed E-state index contributed by atoms with van der Waals surface area (Å²) in [5.74, 6) is 4.13. The van der Waals surface area contributed by atoms with Crippen LogP contribution in [-0.2, 0) is 0 Å². The number of hydrogen-bond acceptors (Lipinski definition) is 4. The monoisotopic (exact) mass is 276 g/mol. The van der Waals surface area contributed by atoms with Crippen molar-refractivity contribution >= 4 is 11.6 Å². The molecule has 0 spiro atoms. The van der Waals surface area contributed by atoms with Crippen LogP contribution in [0.3, 0.4) is 0 Å². The Labute approximate surface area is 122 Å². The van der Waals surface area contributed by atoms with Crippen LogP contribution in [-0.4, -0.2) is 23.6 Å². The van der Waals surface area contributed by atoms with Gasteiger partial charge in [-0.05, 0) is 31.1 Å². The molecule has 4 nitrogen and oxygen atoms in total. The van der Waals surface area contributed by atoms with Crippen molar-refractivity contribution in [2.24, 2.45) is 11.3 Å². The predicted molar refractivity (Wildman–Crippen MR) is 85.4 cm³/mol. The molecule has 0 aliphatic heterocycles. The third kappa shape index (κ3) is 3.22. The zero-order valence-corrected chi connectivity index (χ0v) is 13.7. The summed E-state index contributed by atoms with van der Waals surface area (Å²) in [6, 6.07) is 0. The summed E-state index contributed by atoms with van der Waals surface area (Å²) >= 11 is 0. The highest BCUT2D eigenvalue weighted by Crippen LogP contribution is 2.39. The van der Waals surface area contributed by atoms with E-state index in [-0.39, 0.29) is 5.41 Å². The molecule has 2 rings (SSSR count). The molecule has 4 heteroatoms. The second-order valence-corrected chi connectivity index (χ2v) is 6.93. The Bertz CT molecular complexity index is 476. The van der Waals surface area contributed by atoms with Gasteiger partial charge in [0.2, 0.25) is 0 Å². The number of rotatable bonds is 6. The summed E-state index contributed by atoms with van der Waals surface area (Å²) in [6.07, 6.45) is 2.45. The zero-order chi connectivity index (χ0) is 14.9. The fourth-order valence-corrected chi connectivity index (χ4v) is 1.99. The lowest BCUT2D eigenvalue weighted by Crippen LogP contribution is -2.29. The summed E-state index contributed by atoms with van der Waals surface area (Å²) in [4.78, 5) is 9.37. The summed E-state index contributed by atoms with van der Waals surface area (Å²) in [5.41, 5.74) is 1.35. The van der Waals surface area contributed by atoms with Crippen LogP contribution in [0.15, 0.2) is 0 Å². The quantitative estimate of drug-likeness (QED) is 0.830. The number of nitrogens with one attached hydrogen (secondary N) is 2. The minimum Gasteiger partial charge on any atom is -0.373 e. The summed E-state index contributed by atoms with van der Waals surface area (Å²) in [6.45, 7) is 12.1. The molecule has 1 aromatic rings. The molecule has 1 aliphatic rings. The topological polar surface area (TPSA) is 49.8 Å². The first-order valence-corrected chi connectivity index (χ1v) is 7.65. The third-order valence-electron chi connectivity index (χ3n) is 4.62. The van der Waals surface area contributed by atoms with Gasteiger partial charge in [0.15, 0.2) is 0 Å². The van der Waals surface area contributed by atoms with E-state index < -0.39 is 0 Å². The molecule has 1 aliphatic carbocycles. The van der Waals surface area contributed by atoms with Gasteiger partial charge in [0.1, 0.15) is 17.5 Å². The minimum absolute atomic E-state index is 0.247. The molecule has 2 N–H and O–H groups in total. The minimum atomic E-state index is 0.247. The van der Waals surface area contributed by atoms with Crippen molar-refractivity contribution in [3.63, 3.8) is 0 Å². The van der Waals surface area contributed by atoms with Crippen LogP contribution in [0.4, 0.5) is 11.6 Å². The lowest BCUT2D eigenvalue weighted by molar-refractivity contribution is 0.269. The highest BCUT2D eigenvalue weighted by Gasteiger charge is 2.28. The van der Waals surface area contributed by atoms with Crippen LogP contribution >= 0.6 is 0 Å². The van der Waals surface area contributed by atoms with Crippen molar-refractivity contribution in [1.29, 1.82) is 0 Å². The van der Waals surface area contributed by atoms with E-state index in [0.29, 0.717) is 11.8 Å². The van der Waals surface area contributed by atoms with E-state index in [9.17, 15) is 0 Å². The summed E-state index contributed by atoms with van der Waals surface area (Å²) in [7, 11) is 1.92. The number of nitrogens with zero attached hydrogens (tertiary/aromatic N) is 2. The normalized spacial score (nSPS) is 15.6. The fraction of sp³-hybridized carbons (Fsp3) is 0.750. The van der Waals surface area contributed by atoms with E-state index in [4.69, 9.17) is 4.98 Å². The van der Waals surface area contributed by atoms with E-state index in [1.165, 1.54) is 12.8 Å². The number of aromatic nitrogens is 2. The maximum Gasteiger partial charge on any atom is 0.136 e. The van der Waals surface area contributed by atoms with Crippen LogP contribution in [0.5, 0.6) is 0 Å². The second-order valence-electron chi connectivity index (χ2n) is 6.93. The van der Waals surface area contributed by atoms with E-state index in [1.807, 2.05) is 7.05 Å². The molecule has 1 fully saturated rings. The second kappa shape index (κ2) is 5.58. The van der Waals surface area contributed by atoms with Gasteiger partial charge >= 0.3 is 0 Å².